The van der Waals surface area contributed by atoms with Gasteiger partial charge in [0.25, 0.3) is 5.91 Å². The standard InChI is InChI=1S/C23H25N3O6/c27-21(14-30-18-4-2-1-3-5-18)26-10-8-16(9-11-26)13-24-22(28)23(29)25-17-6-7-19-20(12-17)32-15-31-19/h1-7,12,16H,8-11,13-15H2,(H,24,28)(H,25,29). The topological polar surface area (TPSA) is 106 Å². The molecule has 2 heterocycles. The van der Waals surface area contributed by atoms with Crippen LogP contribution in [0.15, 0.2) is 48.5 Å². The summed E-state index contributed by atoms with van der Waals surface area (Å²) in [7, 11) is 0. The molecule has 1 saturated heterocycles. The van der Waals surface area contributed by atoms with Gasteiger partial charge < -0.3 is 29.7 Å². The average Bonchev–Trinajstić information content (AvgIpc) is 3.30. The Labute approximate surface area is 185 Å². The highest BCUT2D eigenvalue weighted by Gasteiger charge is 2.24. The summed E-state index contributed by atoms with van der Waals surface area (Å²) in [5.74, 6) is 0.503. The minimum atomic E-state index is -0.741. The monoisotopic (exact) mass is 439 g/mol. The zero-order chi connectivity index (χ0) is 22.3. The zero-order valence-corrected chi connectivity index (χ0v) is 17.5. The highest BCUT2D eigenvalue weighted by atomic mass is 16.7. The van der Waals surface area contributed by atoms with Crippen LogP contribution < -0.4 is 24.8 Å². The smallest absolute Gasteiger partial charge is 0.313 e. The highest BCUT2D eigenvalue weighted by Crippen LogP contribution is 2.34. The number of carbonyl (C=O) groups excluding carboxylic acids is 3. The molecule has 0 saturated carbocycles. The maximum absolute atomic E-state index is 12.3. The fourth-order valence-corrected chi connectivity index (χ4v) is 3.62. The van der Waals surface area contributed by atoms with Gasteiger partial charge in [0.05, 0.1) is 0 Å². The summed E-state index contributed by atoms with van der Waals surface area (Å²) in [5, 5.41) is 5.24. The maximum atomic E-state index is 12.3. The van der Waals surface area contributed by atoms with Gasteiger partial charge in [-0.1, -0.05) is 18.2 Å². The minimum absolute atomic E-state index is 0.00540. The Kier molecular flexibility index (Phi) is 6.74. The van der Waals surface area contributed by atoms with Gasteiger partial charge in [0, 0.05) is 31.4 Å². The molecule has 168 valence electrons. The number of ether oxygens (including phenoxy) is 3. The van der Waals surface area contributed by atoms with Crippen LogP contribution in [0.25, 0.3) is 0 Å². The van der Waals surface area contributed by atoms with E-state index in [1.165, 1.54) is 0 Å². The van der Waals surface area contributed by atoms with E-state index in [4.69, 9.17) is 14.2 Å². The number of amides is 3. The van der Waals surface area contributed by atoms with Crippen LogP contribution in [0.4, 0.5) is 5.69 Å². The summed E-state index contributed by atoms with van der Waals surface area (Å²) in [5.41, 5.74) is 0.457. The summed E-state index contributed by atoms with van der Waals surface area (Å²) in [6.45, 7) is 1.72. The third-order valence-electron chi connectivity index (χ3n) is 5.46. The first-order valence-electron chi connectivity index (χ1n) is 10.5. The van der Waals surface area contributed by atoms with Gasteiger partial charge in [-0.3, -0.25) is 14.4 Å². The molecule has 2 aromatic carbocycles. The normalized spacial score (nSPS) is 15.2. The number of para-hydroxylation sites is 1. The maximum Gasteiger partial charge on any atom is 0.313 e. The van der Waals surface area contributed by atoms with Gasteiger partial charge in [-0.15, -0.1) is 0 Å². The molecule has 9 heteroatoms. The Hall–Kier alpha value is -3.75. The number of piperidine rings is 1. The number of hydrogen-bond donors (Lipinski definition) is 2. The molecule has 1 fully saturated rings. The van der Waals surface area contributed by atoms with Crippen LogP contribution in [-0.4, -0.2) is 55.7 Å². The van der Waals surface area contributed by atoms with E-state index in [1.54, 1.807) is 23.1 Å². The van der Waals surface area contributed by atoms with Crippen molar-refractivity contribution in [1.82, 2.24) is 10.2 Å². The Balaban J connectivity index is 1.15. The second-order valence-corrected chi connectivity index (χ2v) is 7.66. The van der Waals surface area contributed by atoms with Crippen molar-refractivity contribution in [3.63, 3.8) is 0 Å². The summed E-state index contributed by atoms with van der Waals surface area (Å²) in [6.07, 6.45) is 1.50. The van der Waals surface area contributed by atoms with E-state index in [1.807, 2.05) is 30.3 Å². The largest absolute Gasteiger partial charge is 0.484 e. The van der Waals surface area contributed by atoms with Crippen molar-refractivity contribution >= 4 is 23.4 Å². The fraction of sp³-hybridized carbons (Fsp3) is 0.348. The third kappa shape index (κ3) is 5.48. The van der Waals surface area contributed by atoms with E-state index in [2.05, 4.69) is 10.6 Å². The van der Waals surface area contributed by atoms with Crippen molar-refractivity contribution in [1.29, 1.82) is 0 Å². The van der Waals surface area contributed by atoms with E-state index in [0.717, 1.165) is 12.8 Å². The predicted octanol–water partition coefficient (Wildman–Crippen LogP) is 1.79. The van der Waals surface area contributed by atoms with Crippen molar-refractivity contribution < 1.29 is 28.6 Å². The number of rotatable bonds is 6. The third-order valence-corrected chi connectivity index (χ3v) is 5.46. The lowest BCUT2D eigenvalue weighted by Crippen LogP contribution is -2.44. The molecule has 0 unspecified atom stereocenters. The highest BCUT2D eigenvalue weighted by molar-refractivity contribution is 6.39. The quantitative estimate of drug-likeness (QED) is 0.665. The molecule has 0 bridgehead atoms. The molecule has 2 aliphatic heterocycles. The summed E-state index contributed by atoms with van der Waals surface area (Å²) in [4.78, 5) is 38.4. The van der Waals surface area contributed by atoms with Gasteiger partial charge in [-0.05, 0) is 43.0 Å². The lowest BCUT2D eigenvalue weighted by molar-refractivity contribution is -0.136. The van der Waals surface area contributed by atoms with E-state index in [0.29, 0.717) is 42.6 Å². The van der Waals surface area contributed by atoms with Crippen LogP contribution in [-0.2, 0) is 14.4 Å². The Morgan fingerprint density at radius 3 is 2.50 bits per heavy atom. The molecule has 2 aliphatic rings. The summed E-state index contributed by atoms with van der Waals surface area (Å²) in [6, 6.07) is 14.2. The predicted molar refractivity (Wildman–Crippen MR) is 115 cm³/mol. The SMILES string of the molecule is O=C(NCC1CCN(C(=O)COc2ccccc2)CC1)C(=O)Nc1ccc2c(c1)OCO2. The number of fused-ring (bicyclic) bond motifs is 1. The van der Waals surface area contributed by atoms with Gasteiger partial charge in [0.1, 0.15) is 5.75 Å². The molecule has 32 heavy (non-hydrogen) atoms. The first-order valence-corrected chi connectivity index (χ1v) is 10.5. The number of nitrogens with zero attached hydrogens (tertiary/aromatic N) is 1. The van der Waals surface area contributed by atoms with Crippen LogP contribution in [0.5, 0.6) is 17.2 Å². The van der Waals surface area contributed by atoms with Gasteiger partial charge >= 0.3 is 11.8 Å². The minimum Gasteiger partial charge on any atom is -0.484 e. The van der Waals surface area contributed by atoms with Gasteiger partial charge in [0.2, 0.25) is 6.79 Å². The Morgan fingerprint density at radius 1 is 0.969 bits per heavy atom. The molecule has 0 aliphatic carbocycles. The zero-order valence-electron chi connectivity index (χ0n) is 17.5. The molecule has 3 amide bonds. The van der Waals surface area contributed by atoms with Gasteiger partial charge in [0.15, 0.2) is 18.1 Å². The molecule has 2 aromatic rings. The van der Waals surface area contributed by atoms with Crippen LogP contribution in [0.3, 0.4) is 0 Å². The van der Waals surface area contributed by atoms with Crippen LogP contribution in [0, 0.1) is 5.92 Å². The van der Waals surface area contributed by atoms with Gasteiger partial charge in [-0.2, -0.15) is 0 Å². The van der Waals surface area contributed by atoms with Crippen LogP contribution in [0.1, 0.15) is 12.8 Å². The number of hydrogen-bond acceptors (Lipinski definition) is 6. The molecule has 0 atom stereocenters. The fourth-order valence-electron chi connectivity index (χ4n) is 3.62. The van der Waals surface area contributed by atoms with E-state index >= 15 is 0 Å². The van der Waals surface area contributed by atoms with Crippen molar-refractivity contribution in [3.8, 4) is 17.2 Å². The lowest BCUT2D eigenvalue weighted by Gasteiger charge is -2.32. The molecular weight excluding hydrogens is 414 g/mol. The number of nitrogens with one attached hydrogen (secondary N) is 2. The first-order chi connectivity index (χ1) is 15.6. The van der Waals surface area contributed by atoms with Crippen molar-refractivity contribution in [2.45, 2.75) is 12.8 Å². The second kappa shape index (κ2) is 10.0. The number of benzene rings is 2. The van der Waals surface area contributed by atoms with Crippen molar-refractivity contribution in [2.75, 3.05) is 38.4 Å². The molecular formula is C23H25N3O6. The molecule has 9 nitrogen and oxygen atoms in total. The van der Waals surface area contributed by atoms with Crippen molar-refractivity contribution in [2.24, 2.45) is 5.92 Å². The van der Waals surface area contributed by atoms with E-state index in [-0.39, 0.29) is 25.2 Å². The molecule has 2 N–H and O–H groups in total. The summed E-state index contributed by atoms with van der Waals surface area (Å²) >= 11 is 0. The number of likely N-dealkylation sites (tertiary alicyclic amines) is 1. The van der Waals surface area contributed by atoms with E-state index in [9.17, 15) is 14.4 Å². The number of anilines is 1. The molecule has 0 aromatic heterocycles. The average molecular weight is 439 g/mol. The second-order valence-electron chi connectivity index (χ2n) is 7.66. The Bertz CT molecular complexity index is 973. The van der Waals surface area contributed by atoms with Crippen molar-refractivity contribution in [3.05, 3.63) is 48.5 Å². The van der Waals surface area contributed by atoms with Crippen LogP contribution >= 0.6 is 0 Å². The lowest BCUT2D eigenvalue weighted by atomic mass is 9.96. The van der Waals surface area contributed by atoms with Gasteiger partial charge in [-0.25, -0.2) is 0 Å². The van der Waals surface area contributed by atoms with E-state index < -0.39 is 11.8 Å². The number of carbonyl (C=O) groups is 3. The molecule has 4 rings (SSSR count). The van der Waals surface area contributed by atoms with Crippen LogP contribution in [0.2, 0.25) is 0 Å². The Morgan fingerprint density at radius 2 is 1.72 bits per heavy atom. The summed E-state index contributed by atoms with van der Waals surface area (Å²) < 4.78 is 16.0. The molecule has 0 radical (unpaired) electrons. The molecule has 0 spiro atoms. The first kappa shape index (κ1) is 21.5.